The van der Waals surface area contributed by atoms with Crippen LogP contribution in [-0.2, 0) is 27.8 Å². The summed E-state index contributed by atoms with van der Waals surface area (Å²) in [5, 5.41) is 11.3. The maximum absolute atomic E-state index is 13.0. The van der Waals surface area contributed by atoms with Crippen molar-refractivity contribution < 1.29 is 17.6 Å². The lowest BCUT2D eigenvalue weighted by molar-refractivity contribution is -0.116. The molecule has 0 spiro atoms. The Balaban J connectivity index is 2.04. The number of hydrogen-bond acceptors (Lipinski definition) is 4. The van der Waals surface area contributed by atoms with Crippen molar-refractivity contribution in [1.82, 2.24) is 4.31 Å². The largest absolute Gasteiger partial charge is 0.325 e. The standard InChI is InChI=1S/C18H18FN3O3S/c1-26(24,25)22(12-15-2-6-16(19)7-3-15)13-18(23)21-17-8-4-14(5-9-17)10-11-20/h2-9H,10,12-13H2,1H3,(H,21,23). The number of carbonyl (C=O) groups is 1. The molecular weight excluding hydrogens is 357 g/mol. The van der Waals surface area contributed by atoms with Crippen molar-refractivity contribution in [1.29, 1.82) is 5.26 Å². The molecule has 0 radical (unpaired) electrons. The zero-order chi connectivity index (χ0) is 19.2. The summed E-state index contributed by atoms with van der Waals surface area (Å²) in [6.45, 7) is -0.399. The number of nitrogens with zero attached hydrogens (tertiary/aromatic N) is 2. The van der Waals surface area contributed by atoms with E-state index in [4.69, 9.17) is 5.26 Å². The molecule has 0 aliphatic carbocycles. The number of anilines is 1. The van der Waals surface area contributed by atoms with Gasteiger partial charge in [-0.1, -0.05) is 24.3 Å². The second kappa shape index (κ2) is 8.56. The predicted octanol–water partition coefficient (Wildman–Crippen LogP) is 2.29. The van der Waals surface area contributed by atoms with Gasteiger partial charge in [0.25, 0.3) is 0 Å². The van der Waals surface area contributed by atoms with Crippen LogP contribution in [0.3, 0.4) is 0 Å². The molecule has 0 aromatic heterocycles. The number of nitriles is 1. The van der Waals surface area contributed by atoms with Gasteiger partial charge in [-0.25, -0.2) is 12.8 Å². The molecule has 0 heterocycles. The van der Waals surface area contributed by atoms with Crippen LogP contribution in [0.2, 0.25) is 0 Å². The highest BCUT2D eigenvalue weighted by atomic mass is 32.2. The maximum atomic E-state index is 13.0. The zero-order valence-corrected chi connectivity index (χ0v) is 15.0. The molecule has 26 heavy (non-hydrogen) atoms. The molecule has 0 saturated heterocycles. The van der Waals surface area contributed by atoms with Crippen LogP contribution >= 0.6 is 0 Å². The third kappa shape index (κ3) is 5.95. The van der Waals surface area contributed by atoms with Crippen molar-refractivity contribution in [3.8, 4) is 6.07 Å². The number of halogens is 1. The highest BCUT2D eigenvalue weighted by Crippen LogP contribution is 2.12. The lowest BCUT2D eigenvalue weighted by Crippen LogP contribution is -2.36. The first-order chi connectivity index (χ1) is 12.3. The molecule has 0 fully saturated rings. The fourth-order valence-corrected chi connectivity index (χ4v) is 2.98. The summed E-state index contributed by atoms with van der Waals surface area (Å²) >= 11 is 0. The first-order valence-electron chi connectivity index (χ1n) is 7.73. The number of carbonyl (C=O) groups excluding carboxylic acids is 1. The monoisotopic (exact) mass is 375 g/mol. The quantitative estimate of drug-likeness (QED) is 0.804. The molecule has 0 unspecified atom stereocenters. The Bertz CT molecular complexity index is 904. The number of sulfonamides is 1. The van der Waals surface area contributed by atoms with E-state index in [1.165, 1.54) is 24.3 Å². The molecule has 2 aromatic rings. The second-order valence-corrected chi connectivity index (χ2v) is 7.72. The second-order valence-electron chi connectivity index (χ2n) is 5.74. The zero-order valence-electron chi connectivity index (χ0n) is 14.1. The van der Waals surface area contributed by atoms with Gasteiger partial charge in [0.1, 0.15) is 5.82 Å². The van der Waals surface area contributed by atoms with Gasteiger partial charge >= 0.3 is 0 Å². The van der Waals surface area contributed by atoms with Crippen molar-refractivity contribution in [2.45, 2.75) is 13.0 Å². The maximum Gasteiger partial charge on any atom is 0.239 e. The Morgan fingerprint density at radius 1 is 1.12 bits per heavy atom. The average molecular weight is 375 g/mol. The predicted molar refractivity (Wildman–Crippen MR) is 96.0 cm³/mol. The van der Waals surface area contributed by atoms with Gasteiger partial charge in [0.05, 0.1) is 25.3 Å². The molecule has 136 valence electrons. The van der Waals surface area contributed by atoms with Gasteiger partial charge in [0.2, 0.25) is 15.9 Å². The van der Waals surface area contributed by atoms with E-state index in [-0.39, 0.29) is 19.5 Å². The molecule has 2 aromatic carbocycles. The van der Waals surface area contributed by atoms with Crippen LogP contribution in [0.5, 0.6) is 0 Å². The van der Waals surface area contributed by atoms with E-state index >= 15 is 0 Å². The lowest BCUT2D eigenvalue weighted by atomic mass is 10.1. The molecule has 1 amide bonds. The van der Waals surface area contributed by atoms with E-state index in [0.717, 1.165) is 16.1 Å². The van der Waals surface area contributed by atoms with Gasteiger partial charge in [0.15, 0.2) is 0 Å². The fourth-order valence-electron chi connectivity index (χ4n) is 2.24. The van der Waals surface area contributed by atoms with Gasteiger partial charge in [-0.15, -0.1) is 0 Å². The lowest BCUT2D eigenvalue weighted by Gasteiger charge is -2.19. The number of hydrogen-bond donors (Lipinski definition) is 1. The minimum absolute atomic E-state index is 0.0341. The van der Waals surface area contributed by atoms with Crippen LogP contribution in [0.1, 0.15) is 11.1 Å². The molecular formula is C18H18FN3O3S. The summed E-state index contributed by atoms with van der Waals surface area (Å²) in [4.78, 5) is 12.2. The van der Waals surface area contributed by atoms with Gasteiger partial charge < -0.3 is 5.32 Å². The fraction of sp³-hybridized carbons (Fsp3) is 0.222. The van der Waals surface area contributed by atoms with Crippen LogP contribution in [0.4, 0.5) is 10.1 Å². The van der Waals surface area contributed by atoms with E-state index in [1.807, 2.05) is 6.07 Å². The summed E-state index contributed by atoms with van der Waals surface area (Å²) in [5.41, 5.74) is 1.90. The van der Waals surface area contributed by atoms with E-state index in [9.17, 15) is 17.6 Å². The Labute approximate surface area is 151 Å². The van der Waals surface area contributed by atoms with E-state index in [2.05, 4.69) is 5.32 Å². The van der Waals surface area contributed by atoms with E-state index in [0.29, 0.717) is 11.3 Å². The Hall–Kier alpha value is -2.76. The van der Waals surface area contributed by atoms with Gasteiger partial charge in [-0.05, 0) is 35.4 Å². The van der Waals surface area contributed by atoms with E-state index in [1.54, 1.807) is 24.3 Å². The summed E-state index contributed by atoms with van der Waals surface area (Å²) in [5.74, 6) is -0.914. The highest BCUT2D eigenvalue weighted by Gasteiger charge is 2.20. The SMILES string of the molecule is CS(=O)(=O)N(CC(=O)Nc1ccc(CC#N)cc1)Cc1ccc(F)cc1. The molecule has 6 nitrogen and oxygen atoms in total. The Morgan fingerprint density at radius 3 is 2.23 bits per heavy atom. The molecule has 8 heteroatoms. The number of amides is 1. The molecule has 0 atom stereocenters. The van der Waals surface area contributed by atoms with Gasteiger partial charge in [0, 0.05) is 12.2 Å². The molecule has 2 rings (SSSR count). The highest BCUT2D eigenvalue weighted by molar-refractivity contribution is 7.88. The van der Waals surface area contributed by atoms with Gasteiger partial charge in [-0.2, -0.15) is 9.57 Å². The van der Waals surface area contributed by atoms with Crippen LogP contribution in [0.25, 0.3) is 0 Å². The number of benzene rings is 2. The minimum atomic E-state index is -3.63. The van der Waals surface area contributed by atoms with Crippen molar-refractivity contribution >= 4 is 21.6 Å². The van der Waals surface area contributed by atoms with Crippen LogP contribution in [-0.4, -0.2) is 31.4 Å². The Kier molecular flexibility index (Phi) is 6.44. The number of nitrogens with one attached hydrogen (secondary N) is 1. The van der Waals surface area contributed by atoms with Crippen molar-refractivity contribution in [3.63, 3.8) is 0 Å². The molecule has 0 aliphatic rings. The normalized spacial score (nSPS) is 11.2. The number of rotatable bonds is 7. The molecule has 0 bridgehead atoms. The first-order valence-corrected chi connectivity index (χ1v) is 9.58. The summed E-state index contributed by atoms with van der Waals surface area (Å²) < 4.78 is 37.9. The summed E-state index contributed by atoms with van der Waals surface area (Å²) in [6, 6.07) is 14.2. The van der Waals surface area contributed by atoms with Crippen LogP contribution in [0, 0.1) is 17.1 Å². The van der Waals surface area contributed by atoms with Gasteiger partial charge in [-0.3, -0.25) is 4.79 Å². The van der Waals surface area contributed by atoms with Crippen molar-refractivity contribution in [3.05, 3.63) is 65.5 Å². The van der Waals surface area contributed by atoms with E-state index < -0.39 is 21.7 Å². The minimum Gasteiger partial charge on any atom is -0.325 e. The molecule has 0 saturated carbocycles. The van der Waals surface area contributed by atoms with Crippen molar-refractivity contribution in [2.75, 3.05) is 18.1 Å². The third-order valence-electron chi connectivity index (χ3n) is 3.58. The third-order valence-corrected chi connectivity index (χ3v) is 4.78. The molecule has 0 aliphatic heterocycles. The van der Waals surface area contributed by atoms with Crippen molar-refractivity contribution in [2.24, 2.45) is 0 Å². The summed E-state index contributed by atoms with van der Waals surface area (Å²) in [6.07, 6.45) is 1.29. The topological polar surface area (TPSA) is 90.3 Å². The average Bonchev–Trinajstić information content (AvgIpc) is 2.57. The van der Waals surface area contributed by atoms with Crippen LogP contribution < -0.4 is 5.32 Å². The molecule has 1 N–H and O–H groups in total. The first kappa shape index (κ1) is 19.6. The smallest absolute Gasteiger partial charge is 0.239 e. The summed E-state index contributed by atoms with van der Waals surface area (Å²) in [7, 11) is -3.63. The van der Waals surface area contributed by atoms with Crippen LogP contribution in [0.15, 0.2) is 48.5 Å². The Morgan fingerprint density at radius 2 is 1.69 bits per heavy atom.